The normalized spacial score (nSPS) is 28.2. The molecule has 3 aromatic carbocycles. The molecular weight excluding hydrogens is 528 g/mol. The topological polar surface area (TPSA) is 79.7 Å². The summed E-state index contributed by atoms with van der Waals surface area (Å²) >= 11 is 0. The van der Waals surface area contributed by atoms with Crippen LogP contribution in [0.3, 0.4) is 0 Å². The van der Waals surface area contributed by atoms with Crippen molar-refractivity contribution in [3.05, 3.63) is 119 Å². The molecule has 4 fully saturated rings. The molecule has 0 atom stereocenters. The van der Waals surface area contributed by atoms with Crippen molar-refractivity contribution in [2.45, 2.75) is 43.6 Å². The van der Waals surface area contributed by atoms with Crippen LogP contribution in [0.1, 0.15) is 69.6 Å². The molecule has 4 aliphatic carbocycles. The van der Waals surface area contributed by atoms with Gasteiger partial charge >= 0.3 is 5.97 Å². The van der Waals surface area contributed by atoms with Crippen molar-refractivity contribution in [2.75, 3.05) is 7.11 Å². The smallest absolute Gasteiger partial charge is 0.359 e. The average molecular weight is 561 g/mol. The molecule has 0 amide bonds. The van der Waals surface area contributed by atoms with E-state index in [9.17, 15) is 9.59 Å². The van der Waals surface area contributed by atoms with E-state index in [-0.39, 0.29) is 34.8 Å². The summed E-state index contributed by atoms with van der Waals surface area (Å²) in [5.74, 6) is -0.116. The zero-order chi connectivity index (χ0) is 28.5. The van der Waals surface area contributed by atoms with Gasteiger partial charge in [0.2, 0.25) is 23.2 Å². The van der Waals surface area contributed by atoms with Crippen LogP contribution in [-0.2, 0) is 15.2 Å². The van der Waals surface area contributed by atoms with E-state index in [2.05, 4.69) is 0 Å². The van der Waals surface area contributed by atoms with Crippen LogP contribution < -0.4 is 4.74 Å². The zero-order valence-electron chi connectivity index (χ0n) is 23.4. The summed E-state index contributed by atoms with van der Waals surface area (Å²) in [5.41, 5.74) is 0.863. The van der Waals surface area contributed by atoms with Gasteiger partial charge in [-0.3, -0.25) is 4.79 Å². The average Bonchev–Trinajstić information content (AvgIpc) is 3.43. The van der Waals surface area contributed by atoms with Crippen LogP contribution in [0.2, 0.25) is 0 Å². The standard InChI is InChI=1S/C35H32N2O5/c1-40-33(39)30-29(31(38)24-11-5-2-6-12-24)32-37(36-30)34(25-13-7-3-8-14-25,26-15-9-4-10-16-26)42-35(41-32)27-18-22-17-23(20-27)21-28(35)19-22/h2-16,22-23,27-28H,17-21H2,1H3. The Morgan fingerprint density at radius 3 is 1.83 bits per heavy atom. The van der Waals surface area contributed by atoms with Gasteiger partial charge in [-0.05, 0) is 43.9 Å². The fourth-order valence-electron chi connectivity index (χ4n) is 8.37. The van der Waals surface area contributed by atoms with E-state index in [0.29, 0.717) is 17.4 Å². The highest BCUT2D eigenvalue weighted by Crippen LogP contribution is 2.63. The van der Waals surface area contributed by atoms with Crippen LogP contribution in [0, 0.1) is 23.7 Å². The first-order valence-electron chi connectivity index (χ1n) is 14.8. The number of esters is 1. The number of ether oxygens (including phenoxy) is 3. The van der Waals surface area contributed by atoms with Crippen molar-refractivity contribution in [1.29, 1.82) is 0 Å². The largest absolute Gasteiger partial charge is 0.464 e. The lowest BCUT2D eigenvalue weighted by Gasteiger charge is -2.63. The van der Waals surface area contributed by atoms with Crippen molar-refractivity contribution in [2.24, 2.45) is 23.7 Å². The molecule has 42 heavy (non-hydrogen) atoms. The number of nitrogens with zero attached hydrogens (tertiary/aromatic N) is 2. The molecule has 2 heterocycles. The Labute approximate surface area is 244 Å². The van der Waals surface area contributed by atoms with Crippen molar-refractivity contribution >= 4 is 11.8 Å². The number of hydrogen-bond acceptors (Lipinski definition) is 6. The Hall–Kier alpha value is -4.23. The Morgan fingerprint density at radius 1 is 0.786 bits per heavy atom. The minimum absolute atomic E-state index is 0.0814. The maximum absolute atomic E-state index is 14.3. The summed E-state index contributed by atoms with van der Waals surface area (Å²) in [6.45, 7) is 0. The number of rotatable bonds is 5. The first kappa shape index (κ1) is 25.5. The first-order chi connectivity index (χ1) is 20.5. The number of carbonyl (C=O) groups is 2. The predicted octanol–water partition coefficient (Wildman–Crippen LogP) is 6.21. The molecular formula is C35H32N2O5. The quantitative estimate of drug-likeness (QED) is 0.213. The lowest BCUT2D eigenvalue weighted by Crippen LogP contribution is -2.68. The molecule has 4 bridgehead atoms. The predicted molar refractivity (Wildman–Crippen MR) is 154 cm³/mol. The van der Waals surface area contributed by atoms with Gasteiger partial charge in [0.05, 0.1) is 7.11 Å². The van der Waals surface area contributed by atoms with Gasteiger partial charge in [-0.2, -0.15) is 9.78 Å². The molecule has 7 heteroatoms. The van der Waals surface area contributed by atoms with Crippen LogP contribution in [0.25, 0.3) is 0 Å². The molecule has 1 aromatic heterocycles. The van der Waals surface area contributed by atoms with Crippen LogP contribution in [0.4, 0.5) is 0 Å². The second-order valence-corrected chi connectivity index (χ2v) is 12.2. The fraction of sp³-hybridized carbons (Fsp3) is 0.343. The van der Waals surface area contributed by atoms with E-state index in [0.717, 1.165) is 36.8 Å². The van der Waals surface area contributed by atoms with Gasteiger partial charge < -0.3 is 14.2 Å². The maximum atomic E-state index is 14.3. The SMILES string of the molecule is COC(=O)c1nn2c(c1C(=O)c1ccccc1)OC1(OC2(c2ccccc2)c2ccccc2)C2CC3CC(C2)CC1C3. The molecule has 4 aromatic rings. The molecule has 0 saturated heterocycles. The van der Waals surface area contributed by atoms with E-state index in [1.54, 1.807) is 16.8 Å². The van der Waals surface area contributed by atoms with Crippen molar-refractivity contribution < 1.29 is 23.8 Å². The Kier molecular flexibility index (Phi) is 5.70. The van der Waals surface area contributed by atoms with E-state index in [1.165, 1.54) is 13.5 Å². The highest BCUT2D eigenvalue weighted by Gasteiger charge is 2.66. The van der Waals surface area contributed by atoms with Gasteiger partial charge in [-0.25, -0.2) is 4.79 Å². The number of methoxy groups -OCH3 is 1. The third-order valence-corrected chi connectivity index (χ3v) is 9.95. The second kappa shape index (κ2) is 9.39. The zero-order valence-corrected chi connectivity index (χ0v) is 23.4. The Bertz CT molecular complexity index is 1600. The lowest BCUT2D eigenvalue weighted by atomic mass is 9.53. The number of fused-ring (bicyclic) bond motifs is 1. The fourth-order valence-corrected chi connectivity index (χ4v) is 8.37. The van der Waals surface area contributed by atoms with Crippen LogP contribution in [0.15, 0.2) is 91.0 Å². The van der Waals surface area contributed by atoms with Gasteiger partial charge in [0.15, 0.2) is 5.69 Å². The molecule has 7 nitrogen and oxygen atoms in total. The summed E-state index contributed by atoms with van der Waals surface area (Å²) in [6.07, 6.45) is 5.35. The number of aromatic nitrogens is 2. The van der Waals surface area contributed by atoms with Crippen molar-refractivity contribution in [1.82, 2.24) is 9.78 Å². The molecule has 4 saturated carbocycles. The lowest BCUT2D eigenvalue weighted by molar-refractivity contribution is -0.363. The molecule has 1 spiro atoms. The molecule has 0 unspecified atom stereocenters. The van der Waals surface area contributed by atoms with Gasteiger partial charge in [-0.15, -0.1) is 0 Å². The van der Waals surface area contributed by atoms with E-state index in [4.69, 9.17) is 19.3 Å². The summed E-state index contributed by atoms with van der Waals surface area (Å²) in [4.78, 5) is 27.6. The highest BCUT2D eigenvalue weighted by atomic mass is 16.7. The van der Waals surface area contributed by atoms with Crippen LogP contribution in [-0.4, -0.2) is 34.4 Å². The third kappa shape index (κ3) is 3.52. The molecule has 212 valence electrons. The number of benzene rings is 3. The molecule has 0 radical (unpaired) electrons. The molecule has 0 N–H and O–H groups in total. The van der Waals surface area contributed by atoms with E-state index >= 15 is 0 Å². The Balaban J connectivity index is 1.45. The third-order valence-electron chi connectivity index (χ3n) is 9.95. The first-order valence-corrected chi connectivity index (χ1v) is 14.8. The molecule has 9 rings (SSSR count). The molecule has 1 aliphatic heterocycles. The molecule has 5 aliphatic rings. The highest BCUT2D eigenvalue weighted by molar-refractivity contribution is 6.15. The number of ketones is 1. The summed E-state index contributed by atoms with van der Waals surface area (Å²) in [5, 5.41) is 4.84. The summed E-state index contributed by atoms with van der Waals surface area (Å²) < 4.78 is 21.4. The van der Waals surface area contributed by atoms with Gasteiger partial charge in [-0.1, -0.05) is 91.0 Å². The maximum Gasteiger partial charge on any atom is 0.359 e. The number of carbonyl (C=O) groups excluding carboxylic acids is 2. The van der Waals surface area contributed by atoms with E-state index in [1.807, 2.05) is 78.9 Å². The van der Waals surface area contributed by atoms with Gasteiger partial charge in [0.25, 0.3) is 0 Å². The summed E-state index contributed by atoms with van der Waals surface area (Å²) in [6, 6.07) is 28.9. The van der Waals surface area contributed by atoms with Gasteiger partial charge in [0, 0.05) is 28.5 Å². The van der Waals surface area contributed by atoms with E-state index < -0.39 is 17.5 Å². The van der Waals surface area contributed by atoms with Crippen LogP contribution in [0.5, 0.6) is 5.88 Å². The van der Waals surface area contributed by atoms with Crippen LogP contribution >= 0.6 is 0 Å². The van der Waals surface area contributed by atoms with Crippen molar-refractivity contribution in [3.8, 4) is 5.88 Å². The monoisotopic (exact) mass is 560 g/mol. The Morgan fingerprint density at radius 2 is 1.31 bits per heavy atom. The number of hydrogen-bond donors (Lipinski definition) is 0. The van der Waals surface area contributed by atoms with Crippen molar-refractivity contribution in [3.63, 3.8) is 0 Å². The van der Waals surface area contributed by atoms with Gasteiger partial charge in [0.1, 0.15) is 5.56 Å². The summed E-state index contributed by atoms with van der Waals surface area (Å²) in [7, 11) is 1.30. The minimum atomic E-state index is -1.29. The second-order valence-electron chi connectivity index (χ2n) is 12.2. The minimum Gasteiger partial charge on any atom is -0.464 e.